The highest BCUT2D eigenvalue weighted by atomic mass is 16.4. The lowest BCUT2D eigenvalue weighted by Crippen LogP contribution is -2.54. The van der Waals surface area contributed by atoms with Crippen LogP contribution < -0.4 is 5.32 Å². The third-order valence-electron chi connectivity index (χ3n) is 4.18. The molecule has 6 heteroatoms. The lowest BCUT2D eigenvalue weighted by atomic mass is 9.99. The number of carbonyl (C=O) groups excluding carboxylic acids is 1. The summed E-state index contributed by atoms with van der Waals surface area (Å²) >= 11 is 0. The van der Waals surface area contributed by atoms with Crippen LogP contribution in [0.25, 0.3) is 0 Å². The van der Waals surface area contributed by atoms with E-state index in [4.69, 9.17) is 5.11 Å². The first kappa shape index (κ1) is 16.8. The Hall–Kier alpha value is -1.30. The van der Waals surface area contributed by atoms with Crippen molar-refractivity contribution in [3.8, 4) is 0 Å². The van der Waals surface area contributed by atoms with E-state index in [1.807, 2.05) is 14.1 Å². The molecule has 0 bridgehead atoms. The Morgan fingerprint density at radius 1 is 1.35 bits per heavy atom. The van der Waals surface area contributed by atoms with Crippen LogP contribution in [0, 0.1) is 0 Å². The lowest BCUT2D eigenvalue weighted by Gasteiger charge is -2.37. The maximum Gasteiger partial charge on any atom is 0.317 e. The van der Waals surface area contributed by atoms with Gasteiger partial charge in [-0.05, 0) is 47.2 Å². The number of amides is 2. The van der Waals surface area contributed by atoms with Crippen LogP contribution >= 0.6 is 0 Å². The predicted molar refractivity (Wildman–Crippen MR) is 77.8 cm³/mol. The Morgan fingerprint density at radius 2 is 2.00 bits per heavy atom. The molecule has 1 aliphatic heterocycles. The van der Waals surface area contributed by atoms with Crippen molar-refractivity contribution in [1.82, 2.24) is 15.1 Å². The highest BCUT2D eigenvalue weighted by molar-refractivity contribution is 5.76. The van der Waals surface area contributed by atoms with Crippen LogP contribution in [0.15, 0.2) is 0 Å². The maximum absolute atomic E-state index is 12.3. The van der Waals surface area contributed by atoms with Crippen LogP contribution in [0.2, 0.25) is 0 Å². The Kier molecular flexibility index (Phi) is 5.80. The molecule has 1 rings (SSSR count). The van der Waals surface area contributed by atoms with Gasteiger partial charge in [-0.25, -0.2) is 4.79 Å². The molecule has 0 radical (unpaired) electrons. The van der Waals surface area contributed by atoms with E-state index in [0.29, 0.717) is 13.1 Å². The van der Waals surface area contributed by atoms with Gasteiger partial charge < -0.3 is 20.2 Å². The highest BCUT2D eigenvalue weighted by Crippen LogP contribution is 2.20. The smallest absolute Gasteiger partial charge is 0.317 e. The van der Waals surface area contributed by atoms with Crippen molar-refractivity contribution in [3.63, 3.8) is 0 Å². The van der Waals surface area contributed by atoms with Crippen molar-refractivity contribution >= 4 is 12.0 Å². The number of aliphatic carboxylic acids is 1. The second-order valence-electron chi connectivity index (χ2n) is 6.31. The molecular formula is C14H27N3O3. The average molecular weight is 285 g/mol. The van der Waals surface area contributed by atoms with Gasteiger partial charge in [-0.15, -0.1) is 0 Å². The molecule has 20 heavy (non-hydrogen) atoms. The summed E-state index contributed by atoms with van der Waals surface area (Å²) < 4.78 is 0. The molecule has 2 N–H and O–H groups in total. The van der Waals surface area contributed by atoms with E-state index in [0.717, 1.165) is 19.3 Å². The van der Waals surface area contributed by atoms with Gasteiger partial charge in [0.05, 0.1) is 6.42 Å². The standard InChI is InChI=1S/C14H27N3O3/c1-14(2,16(3)4)10-15-13(20)17-8-6-5-7-11(17)9-12(18)19/h11H,5-10H2,1-4H3,(H,15,20)(H,18,19). The summed E-state index contributed by atoms with van der Waals surface area (Å²) in [6, 6.07) is -0.324. The molecule has 0 aromatic carbocycles. The van der Waals surface area contributed by atoms with E-state index < -0.39 is 5.97 Å². The van der Waals surface area contributed by atoms with E-state index >= 15 is 0 Å². The quantitative estimate of drug-likeness (QED) is 0.800. The summed E-state index contributed by atoms with van der Waals surface area (Å²) in [5.74, 6) is -0.844. The van der Waals surface area contributed by atoms with E-state index in [1.165, 1.54) is 0 Å². The van der Waals surface area contributed by atoms with Gasteiger partial charge in [0.25, 0.3) is 0 Å². The molecule has 1 aliphatic rings. The molecule has 6 nitrogen and oxygen atoms in total. The molecule has 1 unspecified atom stereocenters. The number of urea groups is 1. The van der Waals surface area contributed by atoms with Crippen LogP contribution in [-0.2, 0) is 4.79 Å². The van der Waals surface area contributed by atoms with Gasteiger partial charge in [-0.1, -0.05) is 0 Å². The van der Waals surface area contributed by atoms with Crippen molar-refractivity contribution in [2.45, 2.75) is 51.1 Å². The Balaban J connectivity index is 2.57. The topological polar surface area (TPSA) is 72.9 Å². The molecule has 1 fully saturated rings. The highest BCUT2D eigenvalue weighted by Gasteiger charge is 2.29. The van der Waals surface area contributed by atoms with Gasteiger partial charge in [0.2, 0.25) is 0 Å². The number of carbonyl (C=O) groups is 2. The number of nitrogens with one attached hydrogen (secondary N) is 1. The van der Waals surface area contributed by atoms with Gasteiger partial charge in [0.1, 0.15) is 0 Å². The fraction of sp³-hybridized carbons (Fsp3) is 0.857. The van der Waals surface area contributed by atoms with E-state index in [-0.39, 0.29) is 24.0 Å². The second kappa shape index (κ2) is 6.92. The van der Waals surface area contributed by atoms with Crippen LogP contribution in [0.5, 0.6) is 0 Å². The zero-order valence-electron chi connectivity index (χ0n) is 13.0. The molecule has 1 atom stereocenters. The van der Waals surface area contributed by atoms with Crippen molar-refractivity contribution < 1.29 is 14.7 Å². The van der Waals surface area contributed by atoms with Gasteiger partial charge in [-0.3, -0.25) is 4.79 Å². The van der Waals surface area contributed by atoms with Crippen molar-refractivity contribution in [1.29, 1.82) is 0 Å². The zero-order chi connectivity index (χ0) is 15.3. The first-order chi connectivity index (χ1) is 9.24. The third-order valence-corrected chi connectivity index (χ3v) is 4.18. The van der Waals surface area contributed by atoms with Crippen LogP contribution in [0.3, 0.4) is 0 Å². The second-order valence-corrected chi connectivity index (χ2v) is 6.31. The zero-order valence-corrected chi connectivity index (χ0v) is 13.0. The molecule has 1 saturated heterocycles. The largest absolute Gasteiger partial charge is 0.481 e. The van der Waals surface area contributed by atoms with Gasteiger partial charge >= 0.3 is 12.0 Å². The monoisotopic (exact) mass is 285 g/mol. The number of likely N-dealkylation sites (N-methyl/N-ethyl adjacent to an activating group) is 1. The van der Waals surface area contributed by atoms with Gasteiger partial charge in [0, 0.05) is 24.7 Å². The molecule has 1 heterocycles. The predicted octanol–water partition coefficient (Wildman–Crippen LogP) is 1.37. The lowest BCUT2D eigenvalue weighted by molar-refractivity contribution is -0.138. The molecule has 2 amide bonds. The van der Waals surface area contributed by atoms with Crippen molar-refractivity contribution in [2.75, 3.05) is 27.2 Å². The van der Waals surface area contributed by atoms with E-state index in [2.05, 4.69) is 24.1 Å². The Labute approximate surface area is 121 Å². The van der Waals surface area contributed by atoms with Crippen LogP contribution in [0.4, 0.5) is 4.79 Å². The number of piperidine rings is 1. The fourth-order valence-electron chi connectivity index (χ4n) is 2.23. The number of rotatable bonds is 5. The minimum atomic E-state index is -0.844. The Bertz CT molecular complexity index is 356. The summed E-state index contributed by atoms with van der Waals surface area (Å²) in [7, 11) is 3.95. The molecule has 0 aromatic heterocycles. The summed E-state index contributed by atoms with van der Waals surface area (Å²) in [6.07, 6.45) is 2.74. The number of carboxylic acid groups (broad SMARTS) is 1. The normalized spacial score (nSPS) is 20.1. The average Bonchev–Trinajstić information content (AvgIpc) is 2.36. The minimum absolute atomic E-state index is 0.0322. The van der Waals surface area contributed by atoms with Gasteiger partial charge in [0.15, 0.2) is 0 Å². The molecular weight excluding hydrogens is 258 g/mol. The third kappa shape index (κ3) is 4.67. The first-order valence-electron chi connectivity index (χ1n) is 7.18. The molecule has 116 valence electrons. The molecule has 0 aliphatic carbocycles. The molecule has 0 spiro atoms. The number of nitrogens with zero attached hydrogens (tertiary/aromatic N) is 2. The first-order valence-corrected chi connectivity index (χ1v) is 7.18. The van der Waals surface area contributed by atoms with E-state index in [9.17, 15) is 9.59 Å². The van der Waals surface area contributed by atoms with Gasteiger partial charge in [-0.2, -0.15) is 0 Å². The summed E-state index contributed by atoms with van der Waals surface area (Å²) in [5, 5.41) is 11.9. The molecule has 0 saturated carbocycles. The number of hydrogen-bond donors (Lipinski definition) is 2. The van der Waals surface area contributed by atoms with Crippen LogP contribution in [-0.4, -0.2) is 65.7 Å². The molecule has 0 aromatic rings. The number of carboxylic acids is 1. The van der Waals surface area contributed by atoms with Crippen molar-refractivity contribution in [3.05, 3.63) is 0 Å². The summed E-state index contributed by atoms with van der Waals surface area (Å²) in [5.41, 5.74) is -0.131. The fourth-order valence-corrected chi connectivity index (χ4v) is 2.23. The summed E-state index contributed by atoms with van der Waals surface area (Å²) in [6.45, 7) is 5.29. The maximum atomic E-state index is 12.3. The number of likely N-dealkylation sites (tertiary alicyclic amines) is 1. The van der Waals surface area contributed by atoms with E-state index in [1.54, 1.807) is 4.90 Å². The minimum Gasteiger partial charge on any atom is -0.481 e. The van der Waals surface area contributed by atoms with Crippen molar-refractivity contribution in [2.24, 2.45) is 0 Å². The number of hydrogen-bond acceptors (Lipinski definition) is 3. The summed E-state index contributed by atoms with van der Waals surface area (Å²) in [4.78, 5) is 26.9. The SMILES string of the molecule is CN(C)C(C)(C)CNC(=O)N1CCCCC1CC(=O)O. The van der Waals surface area contributed by atoms with Crippen LogP contribution in [0.1, 0.15) is 39.5 Å². The Morgan fingerprint density at radius 3 is 2.55 bits per heavy atom.